The van der Waals surface area contributed by atoms with Crippen LogP contribution in [-0.4, -0.2) is 114 Å². The Bertz CT molecular complexity index is 5580. The number of benzene rings is 6. The Kier molecular flexibility index (Phi) is 25.0. The highest BCUT2D eigenvalue weighted by atomic mass is 79.9. The van der Waals surface area contributed by atoms with Crippen LogP contribution in [0.15, 0.2) is 218 Å². The average Bonchev–Trinajstić information content (AvgIpc) is 1.57. The van der Waals surface area contributed by atoms with Crippen molar-refractivity contribution in [1.82, 2.24) is 59.7 Å². The first-order valence-electron chi connectivity index (χ1n) is 35.7. The molecule has 15 rings (SSSR count). The zero-order valence-electron chi connectivity index (χ0n) is 61.4. The zero-order valence-corrected chi connectivity index (χ0v) is 67.5. The molecule has 0 radical (unpaired) electrons. The summed E-state index contributed by atoms with van der Waals surface area (Å²) >= 11 is 3.13. The van der Waals surface area contributed by atoms with Gasteiger partial charge in [-0.05, 0) is 192 Å². The van der Waals surface area contributed by atoms with Gasteiger partial charge in [-0.15, -0.1) is 15.3 Å². The molecule has 6 aromatic carbocycles. The predicted octanol–water partition coefficient (Wildman–Crippen LogP) is 16.1. The second kappa shape index (κ2) is 34.5. The molecule has 110 heavy (non-hydrogen) atoms. The lowest BCUT2D eigenvalue weighted by atomic mass is 9.97. The van der Waals surface area contributed by atoms with Crippen LogP contribution in [0.4, 0.5) is 42.1 Å². The maximum atomic E-state index is 15.0. The molecule has 0 saturated carbocycles. The van der Waals surface area contributed by atoms with Crippen molar-refractivity contribution in [1.29, 1.82) is 0 Å². The van der Waals surface area contributed by atoms with E-state index in [1.165, 1.54) is 64.0 Å². The van der Waals surface area contributed by atoms with Gasteiger partial charge in [-0.25, -0.2) is 52.9 Å². The number of halogens is 4. The van der Waals surface area contributed by atoms with Crippen molar-refractivity contribution in [3.63, 3.8) is 0 Å². The Morgan fingerprint density at radius 1 is 0.473 bits per heavy atom. The van der Waals surface area contributed by atoms with Gasteiger partial charge < -0.3 is 25.8 Å². The highest BCUT2D eigenvalue weighted by molar-refractivity contribution is 9.10. The normalized spacial score (nSPS) is 13.2. The standard InChI is InChI=1S/C28H32FN5O3SSi.C22H18FN5O2S.C14H20BrN3O3SSi.C14H13FN2/c1-39(2,3)16-15-37-19-34-28(38(35,36)21-10-5-4-6-11-21)32-27(33-34)31-26-23-13-7-12-22(23)25(29)17-24(26)20-9-8-14-30-18-20;23-19-12-18(14-6-5-11-24-13-14)20(17-10-4-9-16(17)19)25-21-26-22(28-27-21)31(29,30)15-7-2-1-3-8-15;1-23(2,3)10-9-21-11-18-14(16-13(15)17-18)22(19,20)12-7-5-4-6-8-12;15-13-7-12(9-3-2-6-17-8-9)14(16)11-5-1-4-10(11)13/h4-6,8-11,14,17-18H,7,12-13,15-16,19H2,1-3H3,(H,31,33);1-3,5-8,11-13H,4,9-10H2,(H2,25,26,27,28);4-8H,9-11H2,1-3H3;2-3,6-8H,1,4-5,16H2. The molecule has 0 atom stereocenters. The van der Waals surface area contributed by atoms with Gasteiger partial charge in [-0.2, -0.15) is 15.0 Å². The molecule has 23 nitrogen and oxygen atoms in total. The molecule has 3 aliphatic carbocycles. The maximum Gasteiger partial charge on any atom is 0.254 e. The van der Waals surface area contributed by atoms with Gasteiger partial charge >= 0.3 is 0 Å². The van der Waals surface area contributed by atoms with Crippen molar-refractivity contribution in [2.45, 2.75) is 153 Å². The van der Waals surface area contributed by atoms with Crippen LogP contribution < -0.4 is 16.4 Å². The van der Waals surface area contributed by atoms with Gasteiger partial charge in [-0.1, -0.05) is 112 Å². The van der Waals surface area contributed by atoms with Crippen molar-refractivity contribution >= 4 is 90.5 Å². The maximum absolute atomic E-state index is 15.0. The Morgan fingerprint density at radius 3 is 1.29 bits per heavy atom. The number of rotatable bonds is 23. The van der Waals surface area contributed by atoms with Crippen LogP contribution in [0.5, 0.6) is 0 Å². The van der Waals surface area contributed by atoms with Crippen LogP contribution in [0, 0.1) is 17.5 Å². The quantitative estimate of drug-likeness (QED) is 0.0263. The van der Waals surface area contributed by atoms with Crippen LogP contribution in [0.3, 0.4) is 0 Å². The summed E-state index contributed by atoms with van der Waals surface area (Å²) in [5.41, 5.74) is 17.4. The van der Waals surface area contributed by atoms with Gasteiger partial charge in [0.1, 0.15) is 30.9 Å². The molecule has 0 unspecified atom stereocenters. The molecule has 0 saturated heterocycles. The molecular formula is C78H83BrF3N15O8S3Si2. The predicted molar refractivity (Wildman–Crippen MR) is 424 cm³/mol. The minimum absolute atomic E-state index is 0.0580. The number of nitrogens with zero attached hydrogens (tertiary/aromatic N) is 11. The average molecular weight is 1650 g/mol. The number of hydrogen-bond acceptors (Lipinski definition) is 20. The number of sulfone groups is 3. The summed E-state index contributed by atoms with van der Waals surface area (Å²) in [6.45, 7) is 14.6. The molecule has 32 heteroatoms. The Labute approximate surface area is 647 Å². The lowest BCUT2D eigenvalue weighted by molar-refractivity contribution is 0.0712. The third kappa shape index (κ3) is 18.9. The van der Waals surface area contributed by atoms with E-state index in [4.69, 9.17) is 15.2 Å². The van der Waals surface area contributed by atoms with Gasteiger partial charge in [0.25, 0.3) is 10.3 Å². The molecule has 12 aromatic rings. The SMILES string of the molecule is C[Si](C)(C)CCOCn1nc(Br)nc1S(=O)(=O)c1ccccc1.C[Si](C)(C)CCOCn1nc(Nc2c(-c3cccnc3)cc(F)c3c2CCC3)nc1S(=O)(=O)c1ccccc1.Nc1c(-c2cccnc2)cc(F)c2c1CCC2.O=S(=O)(c1ccccc1)c1nc(Nc2c(-c3cccnc3)cc(F)c3c2CCC3)n[nH]1. The highest BCUT2D eigenvalue weighted by Gasteiger charge is 2.32. The molecular weight excluding hydrogens is 1560 g/mol. The first-order valence-corrected chi connectivity index (χ1v) is 48.4. The monoisotopic (exact) mass is 1650 g/mol. The summed E-state index contributed by atoms with van der Waals surface area (Å²) in [4.78, 5) is 25.4. The van der Waals surface area contributed by atoms with Crippen LogP contribution in [-0.2, 0) is 91.0 Å². The number of ether oxygens (including phenoxy) is 2. The summed E-state index contributed by atoms with van der Waals surface area (Å²) in [5.74, 6) is -0.442. The summed E-state index contributed by atoms with van der Waals surface area (Å²) in [6, 6.07) is 41.8. The van der Waals surface area contributed by atoms with E-state index in [9.17, 15) is 34.0 Å². The number of aromatic nitrogens is 12. The van der Waals surface area contributed by atoms with Gasteiger partial charge in [0.05, 0.1) is 26.1 Å². The van der Waals surface area contributed by atoms with E-state index in [0.717, 1.165) is 88.7 Å². The first kappa shape index (κ1) is 79.6. The highest BCUT2D eigenvalue weighted by Crippen LogP contribution is 2.43. The molecule has 0 bridgehead atoms. The summed E-state index contributed by atoms with van der Waals surface area (Å²) in [6.07, 6.45) is 17.1. The fraction of sp³-hybridized carbons (Fsp3) is 0.269. The van der Waals surface area contributed by atoms with Crippen molar-refractivity contribution in [3.05, 3.63) is 238 Å². The van der Waals surface area contributed by atoms with Crippen LogP contribution in [0.25, 0.3) is 33.4 Å². The molecule has 6 aromatic heterocycles. The van der Waals surface area contributed by atoms with E-state index in [2.05, 4.69) is 116 Å². The zero-order chi connectivity index (χ0) is 78.0. The fourth-order valence-corrected chi connectivity index (χ4v) is 18.6. The van der Waals surface area contributed by atoms with Crippen LogP contribution in [0.2, 0.25) is 51.4 Å². The van der Waals surface area contributed by atoms with Crippen LogP contribution in [0.1, 0.15) is 52.6 Å². The van der Waals surface area contributed by atoms with Crippen molar-refractivity contribution in [2.75, 3.05) is 29.6 Å². The minimum atomic E-state index is -3.98. The lowest BCUT2D eigenvalue weighted by Crippen LogP contribution is -2.22. The van der Waals surface area contributed by atoms with Gasteiger partial charge in [0.15, 0.2) is 0 Å². The second-order valence-electron chi connectivity index (χ2n) is 28.8. The number of pyridine rings is 3. The van der Waals surface area contributed by atoms with E-state index in [1.54, 1.807) is 104 Å². The number of fused-ring (bicyclic) bond motifs is 3. The molecule has 0 spiro atoms. The molecule has 6 heterocycles. The number of nitrogen functional groups attached to an aromatic ring is 1. The van der Waals surface area contributed by atoms with Gasteiger partial charge in [-0.3, -0.25) is 15.0 Å². The molecule has 3 aliphatic rings. The van der Waals surface area contributed by atoms with E-state index >= 15 is 4.39 Å². The topological polar surface area (TPSA) is 313 Å². The largest absolute Gasteiger partial charge is 0.398 e. The van der Waals surface area contributed by atoms with Crippen molar-refractivity contribution in [3.8, 4) is 33.4 Å². The molecule has 0 aliphatic heterocycles. The van der Waals surface area contributed by atoms with E-state index < -0.39 is 45.7 Å². The number of aromatic amines is 1. The number of hydrogen-bond donors (Lipinski definition) is 4. The van der Waals surface area contributed by atoms with Crippen molar-refractivity contribution < 1.29 is 47.9 Å². The third-order valence-electron chi connectivity index (χ3n) is 18.5. The molecule has 572 valence electrons. The van der Waals surface area contributed by atoms with Gasteiger partial charge in [0, 0.05) is 106 Å². The summed E-state index contributed by atoms with van der Waals surface area (Å²) in [7, 11) is -14.1. The summed E-state index contributed by atoms with van der Waals surface area (Å²) in [5, 5.41) is 20.9. The van der Waals surface area contributed by atoms with E-state index in [1.807, 2.05) is 24.3 Å². The Balaban J connectivity index is 0.000000142. The number of nitrogens with one attached hydrogen (secondary N) is 3. The third-order valence-corrected chi connectivity index (χ3v) is 27.2. The van der Waals surface area contributed by atoms with E-state index in [-0.39, 0.29) is 77.7 Å². The smallest absolute Gasteiger partial charge is 0.254 e. The van der Waals surface area contributed by atoms with Crippen molar-refractivity contribution in [2.24, 2.45) is 0 Å². The molecule has 0 fully saturated rings. The van der Waals surface area contributed by atoms with E-state index in [0.29, 0.717) is 78.2 Å². The number of nitrogens with two attached hydrogens (primary N) is 1. The Morgan fingerprint density at radius 2 is 0.855 bits per heavy atom. The first-order chi connectivity index (χ1) is 52.6. The second-order valence-corrected chi connectivity index (χ2v) is 46.3. The number of H-pyrrole nitrogens is 1. The fourth-order valence-electron chi connectivity index (χ4n) is 12.8. The van der Waals surface area contributed by atoms with Gasteiger partial charge in [0.2, 0.25) is 51.3 Å². The molecule has 5 N–H and O–H groups in total. The summed E-state index contributed by atoms with van der Waals surface area (Å²) < 4.78 is 136. The van der Waals surface area contributed by atoms with Crippen LogP contribution >= 0.6 is 15.9 Å². The molecule has 0 amide bonds. The number of anilines is 5. The minimum Gasteiger partial charge on any atom is -0.398 e. The lowest BCUT2D eigenvalue weighted by Gasteiger charge is -2.16. The Hall–Kier alpha value is -9.94.